The highest BCUT2D eigenvalue weighted by atomic mass is 31.2. The average Bonchev–Trinajstić information content (AvgIpc) is 1.56. The van der Waals surface area contributed by atoms with E-state index in [1.165, 1.54) is 31.7 Å². The van der Waals surface area contributed by atoms with Gasteiger partial charge in [0.25, 0.3) is 0 Å². The molecule has 0 spiro atoms. The van der Waals surface area contributed by atoms with Crippen molar-refractivity contribution >= 4 is 67.6 Å². The minimum atomic E-state index is -4.17. The number of carbonyl (C=O) groups excluding carboxylic acids is 3. The molecule has 576 valence electrons. The molecule has 2 aliphatic heterocycles. The molecule has 0 radical (unpaired) electrons. The van der Waals surface area contributed by atoms with Gasteiger partial charge in [-0.25, -0.2) is 57.4 Å². The largest absolute Gasteiger partial charge is 0.476 e. The number of hydrogen-bond acceptors (Lipinski definition) is 20. The fraction of sp³-hybridized carbons (Fsp3) is 0.372. The van der Waals surface area contributed by atoms with Gasteiger partial charge in [-0.05, 0) is 122 Å². The number of aromatic amines is 2. The number of esters is 1. The summed E-state index contributed by atoms with van der Waals surface area (Å²) in [6.07, 6.45) is 7.71. The van der Waals surface area contributed by atoms with Gasteiger partial charge in [0.15, 0.2) is 11.6 Å². The number of imidazole rings is 2. The second kappa shape index (κ2) is 38.0. The number of phosphoric acid groups is 2. The molecular formula is C78H96F2N12O14P2. The van der Waals surface area contributed by atoms with E-state index in [1.54, 1.807) is 53.7 Å². The summed E-state index contributed by atoms with van der Waals surface area (Å²) in [6, 6.07) is 39.4. The van der Waals surface area contributed by atoms with E-state index >= 15 is 8.78 Å². The van der Waals surface area contributed by atoms with Crippen molar-refractivity contribution in [2.45, 2.75) is 165 Å². The molecule has 2 aliphatic rings. The minimum absolute atomic E-state index is 0. The van der Waals surface area contributed by atoms with Gasteiger partial charge in [0.2, 0.25) is 11.9 Å². The van der Waals surface area contributed by atoms with Crippen molar-refractivity contribution in [1.29, 1.82) is 0 Å². The number of aromatic nitrogens is 8. The zero-order valence-corrected chi connectivity index (χ0v) is 62.5. The summed E-state index contributed by atoms with van der Waals surface area (Å²) < 4.78 is 113. The third kappa shape index (κ3) is 23.0. The Morgan fingerprint density at radius 2 is 0.833 bits per heavy atom. The highest BCUT2D eigenvalue weighted by molar-refractivity contribution is 7.48. The Kier molecular flexibility index (Phi) is 29.6. The summed E-state index contributed by atoms with van der Waals surface area (Å²) in [7, 11) is -8.35. The summed E-state index contributed by atoms with van der Waals surface area (Å²) in [4.78, 5) is 67.6. The quantitative estimate of drug-likeness (QED) is 0.0217. The number of rotatable bonds is 26. The molecule has 2 fully saturated rings. The Bertz CT molecular complexity index is 4310. The Morgan fingerprint density at radius 3 is 1.09 bits per heavy atom. The summed E-state index contributed by atoms with van der Waals surface area (Å²) >= 11 is 0. The van der Waals surface area contributed by atoms with Crippen LogP contribution in [-0.2, 0) is 92.9 Å². The summed E-state index contributed by atoms with van der Waals surface area (Å²) in [5.41, 5.74) is 3.72. The van der Waals surface area contributed by atoms with Crippen LogP contribution in [0.15, 0.2) is 158 Å². The molecule has 2 saturated heterocycles. The standard InChI is InChI=1S/2C35H38FN6O6P.C6H12O2.2CH4/c2*1-4-37-34(43)42-33-40-27-18-26(30(36)29(31(27)41-33)28-16-11-17-45-28)25-19-38-32(39-20-25)35(2,3)48-49(44,46-21-23-12-7-5-8-13-23)47-22-24-14-9-6-10-15-24;1-5(7)8-6(2,3)4;;/h2*5-10,12-15,18-20,28H,4,11,16-17,21-22H2,1-3H3,(H3,37,40,41,42,43);1-4H3;2*1H4/t2*28-;;;/m11.../s1. The summed E-state index contributed by atoms with van der Waals surface area (Å²) in [6.45, 7) is 19.0. The van der Waals surface area contributed by atoms with E-state index in [9.17, 15) is 23.5 Å². The maximum Gasteiger partial charge on any atom is 0.476 e. The molecule has 0 unspecified atom stereocenters. The number of hydrogen-bond donors (Lipinski definition) is 6. The molecule has 0 saturated carbocycles. The maximum absolute atomic E-state index is 16.4. The molecule has 26 nitrogen and oxygen atoms in total. The second-order valence-corrected chi connectivity index (χ2v) is 29.9. The molecule has 108 heavy (non-hydrogen) atoms. The lowest BCUT2D eigenvalue weighted by Crippen LogP contribution is -2.28. The molecule has 30 heteroatoms. The third-order valence-corrected chi connectivity index (χ3v) is 19.3. The first-order valence-corrected chi connectivity index (χ1v) is 37.6. The maximum atomic E-state index is 16.4. The molecular weight excluding hydrogens is 1430 g/mol. The van der Waals surface area contributed by atoms with E-state index < -0.39 is 62.8 Å². The zero-order valence-electron chi connectivity index (χ0n) is 60.7. The molecule has 4 aromatic heterocycles. The predicted octanol–water partition coefficient (Wildman–Crippen LogP) is 18.5. The van der Waals surface area contributed by atoms with E-state index in [2.05, 4.69) is 61.1 Å². The Morgan fingerprint density at radius 1 is 0.519 bits per heavy atom. The van der Waals surface area contributed by atoms with Crippen molar-refractivity contribution in [3.8, 4) is 22.3 Å². The van der Waals surface area contributed by atoms with E-state index in [4.69, 9.17) is 41.4 Å². The van der Waals surface area contributed by atoms with Crippen LogP contribution in [-0.4, -0.2) is 89.8 Å². The number of halogens is 2. The fourth-order valence-electron chi connectivity index (χ4n) is 11.4. The van der Waals surface area contributed by atoms with Gasteiger partial charge in [-0.15, -0.1) is 0 Å². The van der Waals surface area contributed by atoms with Gasteiger partial charge < -0.3 is 34.8 Å². The number of nitrogens with one attached hydrogen (secondary N) is 6. The SMILES string of the molecule is C.C.CC(=O)OC(C)(C)C.CCNC(=O)Nc1nc2c([C@H]3CCCO3)c(F)c(-c3cnc(C(C)(C)OP(=O)(OCc4ccccc4)OCc4ccccc4)nc3)cc2[nH]1.CCNC(=O)Nc1nc2c([C@H]3CCCO3)c(F)c(-c3cnc(C(C)(C)OP(=O)(OCc4ccccc4)OCc4ccccc4)nc3)cc2[nH]1. The Balaban J connectivity index is 0.000000243. The number of fused-ring (bicyclic) bond motifs is 2. The number of benzene rings is 6. The second-order valence-electron chi connectivity index (χ2n) is 26.7. The van der Waals surface area contributed by atoms with Crippen LogP contribution in [0.2, 0.25) is 0 Å². The van der Waals surface area contributed by atoms with Gasteiger partial charge in [-0.1, -0.05) is 136 Å². The van der Waals surface area contributed by atoms with Crippen LogP contribution in [0, 0.1) is 11.6 Å². The molecule has 4 amide bonds. The third-order valence-electron chi connectivity index (χ3n) is 16.2. The smallest absolute Gasteiger partial charge is 0.460 e. The lowest BCUT2D eigenvalue weighted by Gasteiger charge is -2.28. The summed E-state index contributed by atoms with van der Waals surface area (Å²) in [5.74, 6) is -0.549. The highest BCUT2D eigenvalue weighted by Gasteiger charge is 2.41. The van der Waals surface area contributed by atoms with Gasteiger partial charge in [0, 0.05) is 91.4 Å². The van der Waals surface area contributed by atoms with Crippen LogP contribution < -0.4 is 21.3 Å². The fourth-order valence-corrected chi connectivity index (χ4v) is 14.3. The van der Waals surface area contributed by atoms with Gasteiger partial charge in [0.1, 0.15) is 28.4 Å². The first kappa shape index (κ1) is 84.1. The van der Waals surface area contributed by atoms with Crippen molar-refractivity contribution in [2.75, 3.05) is 36.9 Å². The number of H-pyrrole nitrogens is 2. The number of phosphoric ester groups is 2. The van der Waals surface area contributed by atoms with Crippen LogP contribution in [0.3, 0.4) is 0 Å². The normalized spacial score (nSPS) is 14.5. The molecule has 6 heterocycles. The Hall–Kier alpha value is -9.57. The van der Waals surface area contributed by atoms with Crippen LogP contribution in [0.4, 0.5) is 30.3 Å². The van der Waals surface area contributed by atoms with Crippen LogP contribution in [0.1, 0.15) is 167 Å². The lowest BCUT2D eigenvalue weighted by molar-refractivity contribution is -0.151. The first-order chi connectivity index (χ1) is 50.7. The minimum Gasteiger partial charge on any atom is -0.460 e. The number of ether oxygens (including phenoxy) is 3. The molecule has 6 N–H and O–H groups in total. The van der Waals surface area contributed by atoms with Gasteiger partial charge >= 0.3 is 33.7 Å². The van der Waals surface area contributed by atoms with E-state index in [-0.39, 0.29) is 87.5 Å². The molecule has 12 rings (SSSR count). The van der Waals surface area contributed by atoms with Crippen LogP contribution >= 0.6 is 15.6 Å². The van der Waals surface area contributed by atoms with Gasteiger partial charge in [-0.3, -0.25) is 42.6 Å². The predicted molar refractivity (Wildman–Crippen MR) is 409 cm³/mol. The highest BCUT2D eigenvalue weighted by Crippen LogP contribution is 2.57. The van der Waals surface area contributed by atoms with E-state index in [0.717, 1.165) is 35.1 Å². The van der Waals surface area contributed by atoms with Crippen molar-refractivity contribution in [1.82, 2.24) is 50.5 Å². The zero-order chi connectivity index (χ0) is 75.7. The number of nitrogens with zero attached hydrogens (tertiary/aromatic N) is 6. The molecule has 6 aromatic carbocycles. The van der Waals surface area contributed by atoms with E-state index in [0.29, 0.717) is 83.5 Å². The van der Waals surface area contributed by atoms with E-state index in [1.807, 2.05) is 142 Å². The number of amides is 4. The average molecular weight is 1530 g/mol. The molecule has 2 atom stereocenters. The van der Waals surface area contributed by atoms with Crippen molar-refractivity contribution in [2.24, 2.45) is 0 Å². The van der Waals surface area contributed by atoms with Crippen molar-refractivity contribution in [3.63, 3.8) is 0 Å². The first-order valence-electron chi connectivity index (χ1n) is 34.7. The number of carbonyl (C=O) groups is 3. The molecule has 0 bridgehead atoms. The molecule has 0 aliphatic carbocycles. The lowest BCUT2D eigenvalue weighted by atomic mass is 9.98. The number of urea groups is 2. The van der Waals surface area contributed by atoms with Crippen LogP contribution in [0.25, 0.3) is 44.3 Å². The van der Waals surface area contributed by atoms with Crippen molar-refractivity contribution in [3.05, 3.63) is 215 Å². The summed E-state index contributed by atoms with van der Waals surface area (Å²) in [5, 5.41) is 10.6. The topological polar surface area (TPSA) is 325 Å². The molecule has 10 aromatic rings. The monoisotopic (exact) mass is 1520 g/mol. The van der Waals surface area contributed by atoms with Gasteiger partial charge in [-0.2, -0.15) is 0 Å². The van der Waals surface area contributed by atoms with Crippen LogP contribution in [0.5, 0.6) is 0 Å². The van der Waals surface area contributed by atoms with Crippen molar-refractivity contribution < 1.29 is 73.6 Å². The Labute approximate surface area is 628 Å². The number of anilines is 2. The van der Waals surface area contributed by atoms with Gasteiger partial charge in [0.05, 0.1) is 60.7 Å².